The van der Waals surface area contributed by atoms with Crippen molar-refractivity contribution in [2.24, 2.45) is 0 Å². The predicted octanol–water partition coefficient (Wildman–Crippen LogP) is 2.78. The van der Waals surface area contributed by atoms with Crippen LogP contribution in [0.25, 0.3) is 21.5 Å². The summed E-state index contributed by atoms with van der Waals surface area (Å²) >= 11 is 7.35. The summed E-state index contributed by atoms with van der Waals surface area (Å²) < 4.78 is 1.84. The number of aromatic nitrogens is 3. The smallest absolute Gasteiger partial charge is 0.294 e. The third kappa shape index (κ3) is 3.62. The van der Waals surface area contributed by atoms with Crippen LogP contribution < -0.4 is 10.9 Å². The second-order valence-electron chi connectivity index (χ2n) is 5.32. The fourth-order valence-corrected chi connectivity index (χ4v) is 3.39. The second-order valence-corrected chi connectivity index (χ2v) is 6.96. The van der Waals surface area contributed by atoms with Crippen LogP contribution in [0.4, 0.5) is 0 Å². The van der Waals surface area contributed by atoms with Gasteiger partial charge in [0.25, 0.3) is 5.56 Å². The van der Waals surface area contributed by atoms with Gasteiger partial charge in [0.1, 0.15) is 12.2 Å². The molecule has 128 valence electrons. The molecule has 0 atom stereocenters. The van der Waals surface area contributed by atoms with Crippen LogP contribution in [0.15, 0.2) is 41.7 Å². The van der Waals surface area contributed by atoms with Gasteiger partial charge < -0.3 is 5.32 Å². The molecule has 0 fully saturated rings. The molecular weight excluding hydrogens is 360 g/mol. The van der Waals surface area contributed by atoms with Gasteiger partial charge in [-0.2, -0.15) is 5.10 Å². The largest absolute Gasteiger partial charge is 0.351 e. The third-order valence-corrected chi connectivity index (χ3v) is 4.69. The topological polar surface area (TPSA) is 76.9 Å². The Morgan fingerprint density at radius 3 is 2.80 bits per heavy atom. The van der Waals surface area contributed by atoms with Gasteiger partial charge in [-0.3, -0.25) is 9.59 Å². The molecule has 0 radical (unpaired) electrons. The van der Waals surface area contributed by atoms with Crippen molar-refractivity contribution < 1.29 is 4.79 Å². The molecule has 0 saturated carbocycles. The van der Waals surface area contributed by atoms with E-state index in [1.165, 1.54) is 11.3 Å². The van der Waals surface area contributed by atoms with E-state index in [9.17, 15) is 9.59 Å². The summed E-state index contributed by atoms with van der Waals surface area (Å²) in [5, 5.41) is 8.41. The lowest BCUT2D eigenvalue weighted by atomic mass is 10.1. The average molecular weight is 375 g/mol. The van der Waals surface area contributed by atoms with Gasteiger partial charge in [0, 0.05) is 17.1 Å². The van der Waals surface area contributed by atoms with Crippen LogP contribution in [0.3, 0.4) is 0 Å². The van der Waals surface area contributed by atoms with Crippen LogP contribution in [0.5, 0.6) is 0 Å². The average Bonchev–Trinajstić information content (AvgIpc) is 2.98. The maximum absolute atomic E-state index is 12.6. The fourth-order valence-electron chi connectivity index (χ4n) is 2.35. The number of rotatable bonds is 5. The molecule has 6 nitrogen and oxygen atoms in total. The number of amides is 1. The summed E-state index contributed by atoms with van der Waals surface area (Å²) in [6, 6.07) is 7.16. The summed E-state index contributed by atoms with van der Waals surface area (Å²) in [6.45, 7) is 5.52. The van der Waals surface area contributed by atoms with Gasteiger partial charge in [0.05, 0.1) is 9.71 Å². The molecule has 3 aromatic rings. The zero-order chi connectivity index (χ0) is 18.0. The third-order valence-electron chi connectivity index (χ3n) is 3.46. The van der Waals surface area contributed by atoms with E-state index in [0.29, 0.717) is 27.5 Å². The van der Waals surface area contributed by atoms with E-state index in [2.05, 4.69) is 22.0 Å². The molecule has 25 heavy (non-hydrogen) atoms. The Labute approximate surface area is 152 Å². The van der Waals surface area contributed by atoms with E-state index in [0.717, 1.165) is 15.3 Å². The monoisotopic (exact) mass is 374 g/mol. The summed E-state index contributed by atoms with van der Waals surface area (Å²) in [4.78, 5) is 28.9. The summed E-state index contributed by atoms with van der Waals surface area (Å²) in [7, 11) is 0. The number of carbonyl (C=O) groups excluding carboxylic acids is 1. The minimum absolute atomic E-state index is 0.181. The normalized spacial score (nSPS) is 10.8. The van der Waals surface area contributed by atoms with Crippen molar-refractivity contribution in [1.29, 1.82) is 0 Å². The van der Waals surface area contributed by atoms with E-state index in [1.807, 2.05) is 19.1 Å². The van der Waals surface area contributed by atoms with Crippen LogP contribution in [0.1, 0.15) is 5.01 Å². The number of thiazole rings is 1. The molecule has 1 aromatic carbocycles. The van der Waals surface area contributed by atoms with E-state index in [4.69, 9.17) is 11.6 Å². The van der Waals surface area contributed by atoms with E-state index in [1.54, 1.807) is 18.2 Å². The van der Waals surface area contributed by atoms with Crippen molar-refractivity contribution in [2.75, 3.05) is 6.54 Å². The molecule has 1 N–H and O–H groups in total. The van der Waals surface area contributed by atoms with E-state index < -0.39 is 0 Å². The van der Waals surface area contributed by atoms with E-state index in [-0.39, 0.29) is 18.0 Å². The van der Waals surface area contributed by atoms with Crippen molar-refractivity contribution in [3.63, 3.8) is 0 Å². The van der Waals surface area contributed by atoms with Gasteiger partial charge in [-0.15, -0.1) is 17.9 Å². The Morgan fingerprint density at radius 2 is 2.12 bits per heavy atom. The molecule has 0 aliphatic carbocycles. The Kier molecular flexibility index (Phi) is 4.96. The molecular formula is C17H15ClN4O2S. The maximum Gasteiger partial charge on any atom is 0.294 e. The lowest BCUT2D eigenvalue weighted by Gasteiger charge is -2.08. The maximum atomic E-state index is 12.6. The fraction of sp³-hybridized carbons (Fsp3) is 0.176. The molecule has 0 saturated heterocycles. The van der Waals surface area contributed by atoms with Crippen molar-refractivity contribution in [3.8, 4) is 11.3 Å². The highest BCUT2D eigenvalue weighted by Gasteiger charge is 2.17. The van der Waals surface area contributed by atoms with Gasteiger partial charge >= 0.3 is 0 Å². The lowest BCUT2D eigenvalue weighted by molar-refractivity contribution is -0.121. The first-order chi connectivity index (χ1) is 12.0. The molecule has 3 rings (SSSR count). The van der Waals surface area contributed by atoms with Gasteiger partial charge in [0.2, 0.25) is 5.91 Å². The van der Waals surface area contributed by atoms with Gasteiger partial charge in [-0.05, 0) is 19.1 Å². The molecule has 1 amide bonds. The zero-order valence-corrected chi connectivity index (χ0v) is 15.0. The molecule has 0 aliphatic rings. The Bertz CT molecular complexity index is 1010. The Morgan fingerprint density at radius 1 is 1.40 bits per heavy atom. The van der Waals surface area contributed by atoms with Crippen molar-refractivity contribution in [2.45, 2.75) is 13.5 Å². The number of aryl methyl sites for hydroxylation is 1. The highest BCUT2D eigenvalue weighted by atomic mass is 35.5. The van der Waals surface area contributed by atoms with Crippen LogP contribution in [0, 0.1) is 6.92 Å². The lowest BCUT2D eigenvalue weighted by Crippen LogP contribution is -2.34. The summed E-state index contributed by atoms with van der Waals surface area (Å²) in [6.07, 6.45) is 1.57. The standard InChI is InChI=1S/C17H15ClN4O2S/c1-3-8-19-13(23)9-22-17(24)15-16(25-10(2)20-15)14(21-22)11-4-6-12(18)7-5-11/h3-7H,1,8-9H2,2H3,(H,19,23). The number of halogens is 1. The molecule has 2 aromatic heterocycles. The molecule has 0 unspecified atom stereocenters. The molecule has 0 spiro atoms. The highest BCUT2D eigenvalue weighted by Crippen LogP contribution is 2.29. The number of nitrogens with zero attached hydrogens (tertiary/aromatic N) is 3. The predicted molar refractivity (Wildman–Crippen MR) is 100 cm³/mol. The highest BCUT2D eigenvalue weighted by molar-refractivity contribution is 7.19. The van der Waals surface area contributed by atoms with Gasteiger partial charge in [-0.1, -0.05) is 29.8 Å². The molecule has 0 aliphatic heterocycles. The van der Waals surface area contributed by atoms with Crippen LogP contribution >= 0.6 is 22.9 Å². The van der Waals surface area contributed by atoms with Crippen molar-refractivity contribution in [1.82, 2.24) is 20.1 Å². The summed E-state index contributed by atoms with van der Waals surface area (Å²) in [5.74, 6) is -0.317. The van der Waals surface area contributed by atoms with Gasteiger partial charge in [0.15, 0.2) is 5.52 Å². The van der Waals surface area contributed by atoms with Crippen LogP contribution in [-0.4, -0.2) is 27.2 Å². The number of fused-ring (bicyclic) bond motifs is 1. The number of nitrogens with one attached hydrogen (secondary N) is 1. The number of hydrogen-bond acceptors (Lipinski definition) is 5. The molecule has 2 heterocycles. The van der Waals surface area contributed by atoms with E-state index >= 15 is 0 Å². The molecule has 8 heteroatoms. The SMILES string of the molecule is C=CCNC(=O)Cn1nc(-c2ccc(Cl)cc2)c2sc(C)nc2c1=O. The second kappa shape index (κ2) is 7.16. The number of hydrogen-bond donors (Lipinski definition) is 1. The van der Waals surface area contributed by atoms with Crippen LogP contribution in [0.2, 0.25) is 5.02 Å². The molecule has 0 bridgehead atoms. The first kappa shape index (κ1) is 17.3. The van der Waals surface area contributed by atoms with Crippen molar-refractivity contribution in [3.05, 3.63) is 57.3 Å². The van der Waals surface area contributed by atoms with Gasteiger partial charge in [-0.25, -0.2) is 9.67 Å². The Balaban J connectivity index is 2.13. The number of carbonyl (C=O) groups is 1. The van der Waals surface area contributed by atoms with Crippen LogP contribution in [-0.2, 0) is 11.3 Å². The number of benzene rings is 1. The quantitative estimate of drug-likeness (QED) is 0.696. The van der Waals surface area contributed by atoms with Crippen molar-refractivity contribution >= 4 is 39.1 Å². The minimum Gasteiger partial charge on any atom is -0.351 e. The summed E-state index contributed by atoms with van der Waals surface area (Å²) in [5.41, 5.74) is 1.34. The minimum atomic E-state index is -0.384. The Hall–Kier alpha value is -2.51. The first-order valence-electron chi connectivity index (χ1n) is 7.51. The zero-order valence-electron chi connectivity index (χ0n) is 13.5. The first-order valence-corrected chi connectivity index (χ1v) is 8.71.